The highest BCUT2D eigenvalue weighted by Gasteiger charge is 2.28. The van der Waals surface area contributed by atoms with E-state index in [1.54, 1.807) is 6.08 Å². The van der Waals surface area contributed by atoms with Crippen molar-refractivity contribution in [1.29, 1.82) is 0 Å². The van der Waals surface area contributed by atoms with Crippen LogP contribution in [-0.2, 0) is 16.1 Å². The summed E-state index contributed by atoms with van der Waals surface area (Å²) in [4.78, 5) is 13.5. The molecule has 1 atom stereocenters. The van der Waals surface area contributed by atoms with E-state index in [0.29, 0.717) is 12.5 Å². The van der Waals surface area contributed by atoms with Gasteiger partial charge >= 0.3 is 5.97 Å². The van der Waals surface area contributed by atoms with Crippen LogP contribution in [0.2, 0.25) is 0 Å². The topological polar surface area (TPSA) is 29.5 Å². The summed E-state index contributed by atoms with van der Waals surface area (Å²) < 4.78 is 4.98. The molecule has 2 aliphatic rings. The predicted molar refractivity (Wildman–Crippen MR) is 68.9 cm³/mol. The minimum atomic E-state index is -0.175. The van der Waals surface area contributed by atoms with Gasteiger partial charge in [-0.3, -0.25) is 4.90 Å². The molecule has 1 fully saturated rings. The van der Waals surface area contributed by atoms with Crippen LogP contribution in [-0.4, -0.2) is 30.6 Å². The Kier molecular flexibility index (Phi) is 3.15. The Labute approximate surface area is 107 Å². The van der Waals surface area contributed by atoms with Gasteiger partial charge in [0.15, 0.2) is 0 Å². The zero-order valence-electron chi connectivity index (χ0n) is 10.3. The first-order valence-electron chi connectivity index (χ1n) is 6.45. The molecule has 0 aromatic heterocycles. The van der Waals surface area contributed by atoms with Crippen molar-refractivity contribution in [2.75, 3.05) is 19.7 Å². The van der Waals surface area contributed by atoms with Crippen molar-refractivity contribution in [2.45, 2.75) is 13.0 Å². The zero-order valence-corrected chi connectivity index (χ0v) is 10.3. The molecule has 1 aromatic rings. The quantitative estimate of drug-likeness (QED) is 0.760. The fourth-order valence-electron chi connectivity index (χ4n) is 2.75. The summed E-state index contributed by atoms with van der Waals surface area (Å²) in [7, 11) is 0. The second-order valence-electron chi connectivity index (χ2n) is 5.03. The predicted octanol–water partition coefficient (Wildman–Crippen LogP) is 1.99. The van der Waals surface area contributed by atoms with Crippen LogP contribution in [0.25, 0.3) is 0 Å². The fraction of sp³-hybridized carbons (Fsp3) is 0.400. The van der Waals surface area contributed by atoms with Crippen LogP contribution in [0.4, 0.5) is 0 Å². The largest absolute Gasteiger partial charge is 0.458 e. The number of esters is 1. The highest BCUT2D eigenvalue weighted by molar-refractivity contribution is 5.85. The van der Waals surface area contributed by atoms with Gasteiger partial charge in [-0.2, -0.15) is 0 Å². The van der Waals surface area contributed by atoms with E-state index >= 15 is 0 Å². The number of ether oxygens (including phenoxy) is 1. The highest BCUT2D eigenvalue weighted by atomic mass is 16.5. The number of nitrogens with zero attached hydrogens (tertiary/aromatic N) is 1. The number of cyclic esters (lactones) is 1. The lowest BCUT2D eigenvalue weighted by Crippen LogP contribution is -2.20. The lowest BCUT2D eigenvalue weighted by Gasteiger charge is -2.16. The van der Waals surface area contributed by atoms with Gasteiger partial charge in [0, 0.05) is 19.2 Å². The van der Waals surface area contributed by atoms with E-state index in [1.807, 2.05) is 6.07 Å². The number of benzene rings is 1. The third-order valence-corrected chi connectivity index (χ3v) is 3.73. The normalized spacial score (nSPS) is 24.1. The van der Waals surface area contributed by atoms with Gasteiger partial charge in [-0.15, -0.1) is 0 Å². The molecule has 2 aliphatic heterocycles. The van der Waals surface area contributed by atoms with E-state index in [4.69, 9.17) is 4.74 Å². The number of rotatable bonds is 3. The number of carbonyl (C=O) groups excluding carboxylic acids is 1. The molecule has 3 heteroatoms. The van der Waals surface area contributed by atoms with Crippen LogP contribution in [0, 0.1) is 5.92 Å². The Morgan fingerprint density at radius 3 is 2.83 bits per heavy atom. The van der Waals surface area contributed by atoms with Gasteiger partial charge in [0.05, 0.1) is 0 Å². The Balaban J connectivity index is 1.59. The van der Waals surface area contributed by atoms with Crippen molar-refractivity contribution in [3.05, 3.63) is 47.5 Å². The summed E-state index contributed by atoms with van der Waals surface area (Å²) in [6, 6.07) is 10.5. The van der Waals surface area contributed by atoms with Crippen LogP contribution in [0.3, 0.4) is 0 Å². The average Bonchev–Trinajstić information content (AvgIpc) is 2.99. The van der Waals surface area contributed by atoms with Crippen LogP contribution in [0.1, 0.15) is 12.0 Å². The third kappa shape index (κ3) is 2.46. The van der Waals surface area contributed by atoms with Crippen LogP contribution in [0.5, 0.6) is 0 Å². The first kappa shape index (κ1) is 11.5. The van der Waals surface area contributed by atoms with Crippen LogP contribution >= 0.6 is 0 Å². The molecule has 18 heavy (non-hydrogen) atoms. The van der Waals surface area contributed by atoms with Crippen molar-refractivity contribution in [3.8, 4) is 0 Å². The molecular weight excluding hydrogens is 226 g/mol. The first-order chi connectivity index (χ1) is 8.81. The molecule has 2 heterocycles. The van der Waals surface area contributed by atoms with E-state index in [1.165, 1.54) is 11.1 Å². The van der Waals surface area contributed by atoms with Gasteiger partial charge in [0.2, 0.25) is 0 Å². The number of hydrogen-bond donors (Lipinski definition) is 0. The summed E-state index contributed by atoms with van der Waals surface area (Å²) in [5, 5.41) is 0. The fourth-order valence-corrected chi connectivity index (χ4v) is 2.75. The zero-order chi connectivity index (χ0) is 12.4. The summed E-state index contributed by atoms with van der Waals surface area (Å²) in [6.07, 6.45) is 2.81. The van der Waals surface area contributed by atoms with E-state index in [2.05, 4.69) is 29.2 Å². The molecule has 1 aromatic carbocycles. The first-order valence-corrected chi connectivity index (χ1v) is 6.45. The van der Waals surface area contributed by atoms with Crippen molar-refractivity contribution in [2.24, 2.45) is 5.92 Å². The number of likely N-dealkylation sites (tertiary alicyclic amines) is 1. The van der Waals surface area contributed by atoms with Crippen molar-refractivity contribution in [1.82, 2.24) is 4.90 Å². The van der Waals surface area contributed by atoms with Gasteiger partial charge in [-0.25, -0.2) is 4.79 Å². The molecule has 1 unspecified atom stereocenters. The Morgan fingerprint density at radius 1 is 1.28 bits per heavy atom. The summed E-state index contributed by atoms with van der Waals surface area (Å²) >= 11 is 0. The SMILES string of the molecule is O=C1C=C(C2CCN(Cc3ccccc3)C2)CO1. The van der Waals surface area contributed by atoms with E-state index in [9.17, 15) is 4.79 Å². The van der Waals surface area contributed by atoms with Crippen molar-refractivity contribution < 1.29 is 9.53 Å². The monoisotopic (exact) mass is 243 g/mol. The van der Waals surface area contributed by atoms with E-state index in [0.717, 1.165) is 26.1 Å². The smallest absolute Gasteiger partial charge is 0.331 e. The van der Waals surface area contributed by atoms with Crippen LogP contribution in [0.15, 0.2) is 42.0 Å². The van der Waals surface area contributed by atoms with Crippen molar-refractivity contribution >= 4 is 5.97 Å². The molecule has 3 nitrogen and oxygen atoms in total. The lowest BCUT2D eigenvalue weighted by molar-refractivity contribution is -0.134. The number of hydrogen-bond acceptors (Lipinski definition) is 3. The maximum atomic E-state index is 11.1. The van der Waals surface area contributed by atoms with Gasteiger partial charge in [0.25, 0.3) is 0 Å². The van der Waals surface area contributed by atoms with Gasteiger partial charge in [-0.1, -0.05) is 30.3 Å². The molecule has 0 amide bonds. The standard InChI is InChI=1S/C15H17NO2/c17-15-8-14(11-18-15)13-6-7-16(10-13)9-12-4-2-1-3-5-12/h1-5,8,13H,6-7,9-11H2. The molecule has 0 radical (unpaired) electrons. The molecule has 0 spiro atoms. The third-order valence-electron chi connectivity index (χ3n) is 3.73. The number of carbonyl (C=O) groups is 1. The molecule has 1 saturated heterocycles. The van der Waals surface area contributed by atoms with Gasteiger partial charge in [-0.05, 0) is 30.0 Å². The minimum absolute atomic E-state index is 0.175. The van der Waals surface area contributed by atoms with Crippen molar-refractivity contribution in [3.63, 3.8) is 0 Å². The average molecular weight is 243 g/mol. The summed E-state index contributed by atoms with van der Waals surface area (Å²) in [5.41, 5.74) is 2.53. The second kappa shape index (κ2) is 4.94. The maximum absolute atomic E-state index is 11.1. The van der Waals surface area contributed by atoms with Crippen LogP contribution < -0.4 is 0 Å². The molecule has 0 saturated carbocycles. The molecule has 0 bridgehead atoms. The van der Waals surface area contributed by atoms with E-state index < -0.39 is 0 Å². The molecule has 94 valence electrons. The van der Waals surface area contributed by atoms with Gasteiger partial charge < -0.3 is 4.74 Å². The maximum Gasteiger partial charge on any atom is 0.331 e. The Hall–Kier alpha value is -1.61. The summed E-state index contributed by atoms with van der Waals surface area (Å²) in [6.45, 7) is 3.64. The Bertz CT molecular complexity index is 467. The van der Waals surface area contributed by atoms with E-state index in [-0.39, 0.29) is 5.97 Å². The second-order valence-corrected chi connectivity index (χ2v) is 5.03. The Morgan fingerprint density at radius 2 is 2.11 bits per heavy atom. The lowest BCUT2D eigenvalue weighted by atomic mass is 9.99. The minimum Gasteiger partial charge on any atom is -0.458 e. The molecule has 3 rings (SSSR count). The summed E-state index contributed by atoms with van der Waals surface area (Å²) in [5.74, 6) is 0.326. The molecule has 0 aliphatic carbocycles. The molecule has 0 N–H and O–H groups in total. The van der Waals surface area contributed by atoms with Gasteiger partial charge in [0.1, 0.15) is 6.61 Å². The highest BCUT2D eigenvalue weighted by Crippen LogP contribution is 2.27. The molecular formula is C15H17NO2.